The van der Waals surface area contributed by atoms with Crippen molar-refractivity contribution in [1.29, 1.82) is 0 Å². The molecule has 0 aromatic carbocycles. The number of halogens is 4. The van der Waals surface area contributed by atoms with Crippen LogP contribution in [0.5, 0.6) is 0 Å². The number of rotatable bonds is 11. The molecule has 2 nitrogen and oxygen atoms in total. The van der Waals surface area contributed by atoms with Crippen LogP contribution in [0.3, 0.4) is 0 Å². The second-order valence-corrected chi connectivity index (χ2v) is 5.89. The van der Waals surface area contributed by atoms with Gasteiger partial charge in [0.05, 0.1) is 0 Å². The summed E-state index contributed by atoms with van der Waals surface area (Å²) >= 11 is 0. The first-order valence-corrected chi connectivity index (χ1v) is 7.20. The molecule has 0 fully saturated rings. The highest BCUT2D eigenvalue weighted by atomic mass is 19.2. The van der Waals surface area contributed by atoms with Crippen molar-refractivity contribution < 1.29 is 27.8 Å². The summed E-state index contributed by atoms with van der Waals surface area (Å²) in [5.74, 6) is -5.95. The highest BCUT2D eigenvalue weighted by Crippen LogP contribution is 2.28. The zero-order valence-corrected chi connectivity index (χ0v) is 12.7. The lowest BCUT2D eigenvalue weighted by Crippen LogP contribution is -2.32. The second kappa shape index (κ2) is 8.73. The first-order valence-electron chi connectivity index (χ1n) is 7.20. The lowest BCUT2D eigenvalue weighted by molar-refractivity contribution is -0.133. The van der Waals surface area contributed by atoms with Crippen LogP contribution >= 0.6 is 0 Å². The number of unbranched alkanes of at least 4 members (excludes halogenated alkanes) is 1. The van der Waals surface area contributed by atoms with Gasteiger partial charge in [-0.3, -0.25) is 0 Å². The SMILES string of the molecule is C=CCC(CCCCC(F)C(C)(O)F)CC(F)C(C)(O)F. The molecular formula is C15H26F4O2. The molecule has 0 aromatic heterocycles. The fourth-order valence-corrected chi connectivity index (χ4v) is 2.10. The van der Waals surface area contributed by atoms with E-state index < -0.39 is 24.1 Å². The van der Waals surface area contributed by atoms with Gasteiger partial charge in [-0.15, -0.1) is 6.58 Å². The molecule has 0 rings (SSSR count). The lowest BCUT2D eigenvalue weighted by Gasteiger charge is -2.23. The molecule has 5 atom stereocenters. The van der Waals surface area contributed by atoms with Gasteiger partial charge in [0.15, 0.2) is 12.3 Å². The zero-order valence-electron chi connectivity index (χ0n) is 12.7. The van der Waals surface area contributed by atoms with Crippen LogP contribution in [0, 0.1) is 5.92 Å². The Kier molecular flexibility index (Phi) is 8.48. The third-order valence-electron chi connectivity index (χ3n) is 3.50. The van der Waals surface area contributed by atoms with Gasteiger partial charge in [0, 0.05) is 0 Å². The van der Waals surface area contributed by atoms with E-state index in [-0.39, 0.29) is 18.8 Å². The first-order chi connectivity index (χ1) is 9.48. The van der Waals surface area contributed by atoms with Crippen LogP contribution in [0.25, 0.3) is 0 Å². The molecule has 0 heterocycles. The van der Waals surface area contributed by atoms with Crippen LogP contribution in [-0.2, 0) is 0 Å². The molecule has 0 aliphatic rings. The second-order valence-electron chi connectivity index (χ2n) is 5.89. The standard InChI is InChI=1S/C15H26F4O2/c1-4-7-11(10-13(17)15(3,19)21)8-5-6-9-12(16)14(2,18)20/h4,11-13,20-21H,1,5-10H2,2-3H3. The predicted octanol–water partition coefficient (Wildman–Crippen LogP) is 4.16. The highest BCUT2D eigenvalue weighted by Gasteiger charge is 2.33. The Hall–Kier alpha value is -0.620. The topological polar surface area (TPSA) is 40.5 Å². The van der Waals surface area contributed by atoms with E-state index in [4.69, 9.17) is 10.2 Å². The molecule has 2 N–H and O–H groups in total. The summed E-state index contributed by atoms with van der Waals surface area (Å²) in [5.41, 5.74) is 0. The molecule has 21 heavy (non-hydrogen) atoms. The summed E-state index contributed by atoms with van der Waals surface area (Å²) in [6.45, 7) is 5.06. The highest BCUT2D eigenvalue weighted by molar-refractivity contribution is 4.80. The van der Waals surface area contributed by atoms with Crippen LogP contribution in [0.1, 0.15) is 52.4 Å². The van der Waals surface area contributed by atoms with Gasteiger partial charge in [-0.1, -0.05) is 25.3 Å². The van der Waals surface area contributed by atoms with Crippen molar-refractivity contribution >= 4 is 0 Å². The number of allylic oxidation sites excluding steroid dienone is 1. The molecular weight excluding hydrogens is 288 g/mol. The van der Waals surface area contributed by atoms with E-state index in [9.17, 15) is 17.6 Å². The van der Waals surface area contributed by atoms with Crippen LogP contribution in [0.2, 0.25) is 0 Å². The summed E-state index contributed by atoms with van der Waals surface area (Å²) in [4.78, 5) is 0. The molecule has 0 aliphatic heterocycles. The van der Waals surface area contributed by atoms with Crippen molar-refractivity contribution in [3.05, 3.63) is 12.7 Å². The smallest absolute Gasteiger partial charge is 0.235 e. The molecule has 0 aliphatic carbocycles. The fraction of sp³-hybridized carbons (Fsp3) is 0.867. The minimum Gasteiger partial charge on any atom is -0.360 e. The van der Waals surface area contributed by atoms with Crippen molar-refractivity contribution in [2.45, 2.75) is 76.4 Å². The number of hydrogen-bond donors (Lipinski definition) is 2. The van der Waals surface area contributed by atoms with Gasteiger partial charge < -0.3 is 10.2 Å². The largest absolute Gasteiger partial charge is 0.360 e. The molecule has 0 saturated carbocycles. The van der Waals surface area contributed by atoms with E-state index in [1.165, 1.54) is 0 Å². The third-order valence-corrected chi connectivity index (χ3v) is 3.50. The Morgan fingerprint density at radius 1 is 1.00 bits per heavy atom. The maximum atomic E-state index is 13.5. The fourth-order valence-electron chi connectivity index (χ4n) is 2.10. The summed E-state index contributed by atoms with van der Waals surface area (Å²) in [7, 11) is 0. The molecule has 126 valence electrons. The van der Waals surface area contributed by atoms with Gasteiger partial charge >= 0.3 is 0 Å². The van der Waals surface area contributed by atoms with E-state index in [0.717, 1.165) is 13.8 Å². The van der Waals surface area contributed by atoms with E-state index in [0.29, 0.717) is 25.7 Å². The monoisotopic (exact) mass is 314 g/mol. The molecule has 0 bridgehead atoms. The van der Waals surface area contributed by atoms with Crippen LogP contribution in [0.15, 0.2) is 12.7 Å². The van der Waals surface area contributed by atoms with E-state index >= 15 is 0 Å². The molecule has 6 heteroatoms. The molecule has 0 aromatic rings. The Labute approximate surface area is 123 Å². The van der Waals surface area contributed by atoms with Crippen LogP contribution in [-0.4, -0.2) is 34.3 Å². The Morgan fingerprint density at radius 2 is 1.48 bits per heavy atom. The van der Waals surface area contributed by atoms with Gasteiger partial charge in [-0.2, -0.15) is 0 Å². The Balaban J connectivity index is 4.14. The van der Waals surface area contributed by atoms with Crippen molar-refractivity contribution in [2.24, 2.45) is 5.92 Å². The minimum absolute atomic E-state index is 0.135. The van der Waals surface area contributed by atoms with Crippen molar-refractivity contribution in [3.63, 3.8) is 0 Å². The Bertz CT molecular complexity index is 297. The molecule has 0 amide bonds. The molecule has 0 saturated heterocycles. The normalized spacial score (nSPS) is 21.9. The van der Waals surface area contributed by atoms with Crippen LogP contribution in [0.4, 0.5) is 17.6 Å². The van der Waals surface area contributed by atoms with Crippen molar-refractivity contribution in [1.82, 2.24) is 0 Å². The molecule has 0 radical (unpaired) electrons. The van der Waals surface area contributed by atoms with Gasteiger partial charge in [0.2, 0.25) is 11.7 Å². The van der Waals surface area contributed by atoms with Crippen LogP contribution < -0.4 is 0 Å². The lowest BCUT2D eigenvalue weighted by atomic mass is 9.90. The minimum atomic E-state index is -2.88. The molecule has 0 spiro atoms. The van der Waals surface area contributed by atoms with Crippen molar-refractivity contribution in [2.75, 3.05) is 0 Å². The first kappa shape index (κ1) is 20.4. The predicted molar refractivity (Wildman–Crippen MR) is 74.6 cm³/mol. The summed E-state index contributed by atoms with van der Waals surface area (Å²) in [6, 6.07) is 0. The average Bonchev–Trinajstić information content (AvgIpc) is 2.31. The van der Waals surface area contributed by atoms with Gasteiger partial charge in [0.1, 0.15) is 0 Å². The average molecular weight is 314 g/mol. The van der Waals surface area contributed by atoms with Gasteiger partial charge in [-0.05, 0) is 39.0 Å². The summed E-state index contributed by atoms with van der Waals surface area (Å²) in [5, 5.41) is 17.8. The zero-order chi connectivity index (χ0) is 16.7. The number of aliphatic hydroxyl groups is 2. The third kappa shape index (κ3) is 9.09. The van der Waals surface area contributed by atoms with Gasteiger partial charge in [0.25, 0.3) is 0 Å². The number of hydrogen-bond acceptors (Lipinski definition) is 2. The Morgan fingerprint density at radius 3 is 1.90 bits per heavy atom. The van der Waals surface area contributed by atoms with E-state index in [2.05, 4.69) is 6.58 Å². The van der Waals surface area contributed by atoms with E-state index in [1.807, 2.05) is 0 Å². The van der Waals surface area contributed by atoms with Gasteiger partial charge in [-0.25, -0.2) is 17.6 Å². The maximum absolute atomic E-state index is 13.5. The van der Waals surface area contributed by atoms with Crippen molar-refractivity contribution in [3.8, 4) is 0 Å². The maximum Gasteiger partial charge on any atom is 0.235 e. The number of alkyl halides is 4. The molecule has 5 unspecified atom stereocenters. The van der Waals surface area contributed by atoms with E-state index in [1.54, 1.807) is 6.08 Å². The summed E-state index contributed by atoms with van der Waals surface area (Å²) < 4.78 is 52.5. The quantitative estimate of drug-likeness (QED) is 0.341. The summed E-state index contributed by atoms with van der Waals surface area (Å²) in [6.07, 6.45) is -0.902.